The van der Waals surface area contributed by atoms with Crippen LogP contribution in [0.3, 0.4) is 0 Å². The molecule has 2 aromatic carbocycles. The van der Waals surface area contributed by atoms with Crippen LogP contribution in [0.15, 0.2) is 42.5 Å². The summed E-state index contributed by atoms with van der Waals surface area (Å²) < 4.78 is 7.61. The van der Waals surface area contributed by atoms with Gasteiger partial charge in [0, 0.05) is 28.5 Å². The number of methoxy groups -OCH3 is 1. The van der Waals surface area contributed by atoms with Gasteiger partial charge in [0.05, 0.1) is 19.3 Å². The first-order valence-corrected chi connectivity index (χ1v) is 10.5. The molecular formula is C21H22ClN3O2S. The van der Waals surface area contributed by atoms with Crippen LogP contribution < -0.4 is 4.74 Å². The molecule has 1 N–H and O–H groups in total. The third-order valence-electron chi connectivity index (χ3n) is 5.06. The van der Waals surface area contributed by atoms with Crippen LogP contribution in [0.1, 0.15) is 12.7 Å². The second-order valence-corrected chi connectivity index (χ2v) is 9.27. The summed E-state index contributed by atoms with van der Waals surface area (Å²) in [6.45, 7) is 3.00. The fourth-order valence-electron chi connectivity index (χ4n) is 3.49. The number of ether oxygens (including phenoxy) is 1. The predicted molar refractivity (Wildman–Crippen MR) is 114 cm³/mol. The zero-order chi connectivity index (χ0) is 19.7. The lowest BCUT2D eigenvalue weighted by molar-refractivity contribution is 0.254. The second-order valence-electron chi connectivity index (χ2n) is 7.15. The van der Waals surface area contributed by atoms with E-state index in [1.165, 1.54) is 0 Å². The van der Waals surface area contributed by atoms with E-state index in [1.54, 1.807) is 18.9 Å². The summed E-state index contributed by atoms with van der Waals surface area (Å²) >= 11 is 7.92. The molecule has 5 nitrogen and oxygen atoms in total. The number of fused-ring (bicyclic) bond motifs is 1. The largest absolute Gasteiger partial charge is 0.496 e. The third kappa shape index (κ3) is 3.64. The molecular weight excluding hydrogens is 394 g/mol. The molecule has 1 atom stereocenters. The number of benzene rings is 2. The molecule has 0 fully saturated rings. The lowest BCUT2D eigenvalue weighted by atomic mass is 10.0. The zero-order valence-corrected chi connectivity index (χ0v) is 17.4. The number of aliphatic hydroxyl groups is 1. The maximum Gasteiger partial charge on any atom is 0.167 e. The van der Waals surface area contributed by atoms with Crippen molar-refractivity contribution in [1.82, 2.24) is 14.8 Å². The lowest BCUT2D eigenvalue weighted by Gasteiger charge is -2.23. The summed E-state index contributed by atoms with van der Waals surface area (Å²) in [6.07, 6.45) is 0.685. The van der Waals surface area contributed by atoms with Crippen molar-refractivity contribution >= 4 is 23.4 Å². The van der Waals surface area contributed by atoms with Crippen molar-refractivity contribution in [3.8, 4) is 28.3 Å². The molecule has 0 bridgehead atoms. The highest BCUT2D eigenvalue weighted by Gasteiger charge is 2.31. The highest BCUT2D eigenvalue weighted by molar-refractivity contribution is 8.00. The molecule has 0 amide bonds. The van der Waals surface area contributed by atoms with Gasteiger partial charge < -0.3 is 14.4 Å². The van der Waals surface area contributed by atoms with Gasteiger partial charge in [-0.1, -0.05) is 29.8 Å². The molecule has 1 aliphatic heterocycles. The quantitative estimate of drug-likeness (QED) is 0.687. The number of aliphatic hydroxyl groups excluding tert-OH is 1. The van der Waals surface area contributed by atoms with Crippen molar-refractivity contribution in [2.75, 3.05) is 19.5 Å². The van der Waals surface area contributed by atoms with Crippen molar-refractivity contribution in [1.29, 1.82) is 0 Å². The summed E-state index contributed by atoms with van der Waals surface area (Å²) in [7, 11) is 1.67. The molecule has 4 rings (SSSR count). The molecule has 146 valence electrons. The van der Waals surface area contributed by atoms with E-state index in [2.05, 4.69) is 27.8 Å². The van der Waals surface area contributed by atoms with E-state index < -0.39 is 0 Å². The Bertz CT molecular complexity index is 1010. The number of aromatic nitrogens is 3. The minimum absolute atomic E-state index is 0.123. The standard InChI is InChI=1S/C21H22ClN3O2S/c1-21(13-26)12-19-23-24-20(25(19)8-9-28-21)17-7-6-15(11-18(17)27-2)14-4-3-5-16(22)10-14/h3-7,10-11,26H,8-9,12-13H2,1-2H3. The molecule has 0 saturated carbocycles. The molecule has 1 aromatic heterocycles. The Balaban J connectivity index is 1.75. The summed E-state index contributed by atoms with van der Waals surface area (Å²) in [4.78, 5) is 0. The number of halogens is 1. The summed E-state index contributed by atoms with van der Waals surface area (Å²) in [6, 6.07) is 13.8. The monoisotopic (exact) mass is 415 g/mol. The Morgan fingerprint density at radius 3 is 2.79 bits per heavy atom. The average molecular weight is 416 g/mol. The van der Waals surface area contributed by atoms with Gasteiger partial charge >= 0.3 is 0 Å². The van der Waals surface area contributed by atoms with Gasteiger partial charge in [-0.05, 0) is 42.3 Å². The van der Waals surface area contributed by atoms with E-state index in [1.807, 2.05) is 36.4 Å². The number of hydrogen-bond donors (Lipinski definition) is 1. The maximum atomic E-state index is 9.76. The SMILES string of the molecule is COc1cc(-c2cccc(Cl)c2)ccc1-c1nnc2n1CCSC(C)(CO)C2. The second kappa shape index (κ2) is 7.78. The minimum Gasteiger partial charge on any atom is -0.496 e. The number of nitrogens with zero attached hydrogens (tertiary/aromatic N) is 3. The fourth-order valence-corrected chi connectivity index (χ4v) is 4.77. The molecule has 0 radical (unpaired) electrons. The van der Waals surface area contributed by atoms with E-state index in [9.17, 15) is 5.11 Å². The highest BCUT2D eigenvalue weighted by atomic mass is 35.5. The van der Waals surface area contributed by atoms with Crippen LogP contribution in [0.2, 0.25) is 5.02 Å². The Morgan fingerprint density at radius 1 is 1.21 bits per heavy atom. The minimum atomic E-state index is -0.223. The fraction of sp³-hybridized carbons (Fsp3) is 0.333. The van der Waals surface area contributed by atoms with Crippen LogP contribution in [0.4, 0.5) is 0 Å². The van der Waals surface area contributed by atoms with Crippen molar-refractivity contribution in [3.63, 3.8) is 0 Å². The zero-order valence-electron chi connectivity index (χ0n) is 15.9. The number of rotatable bonds is 4. The Kier molecular flexibility index (Phi) is 5.36. The van der Waals surface area contributed by atoms with E-state index in [4.69, 9.17) is 16.3 Å². The molecule has 3 aromatic rings. The van der Waals surface area contributed by atoms with Crippen LogP contribution in [-0.2, 0) is 13.0 Å². The molecule has 0 saturated heterocycles. The Hall–Kier alpha value is -2.02. The summed E-state index contributed by atoms with van der Waals surface area (Å²) in [5.74, 6) is 3.34. The normalized spacial score (nSPS) is 19.1. The van der Waals surface area contributed by atoms with Crippen molar-refractivity contribution in [2.24, 2.45) is 0 Å². The van der Waals surface area contributed by atoms with Gasteiger partial charge in [-0.2, -0.15) is 11.8 Å². The van der Waals surface area contributed by atoms with Gasteiger partial charge in [-0.25, -0.2) is 0 Å². The lowest BCUT2D eigenvalue weighted by Crippen LogP contribution is -2.28. The predicted octanol–water partition coefficient (Wildman–Crippen LogP) is 4.31. The van der Waals surface area contributed by atoms with Gasteiger partial charge in [0.1, 0.15) is 11.6 Å². The van der Waals surface area contributed by atoms with E-state index in [-0.39, 0.29) is 11.4 Å². The molecule has 28 heavy (non-hydrogen) atoms. The van der Waals surface area contributed by atoms with Gasteiger partial charge in [0.2, 0.25) is 0 Å². The van der Waals surface area contributed by atoms with Gasteiger partial charge in [-0.3, -0.25) is 0 Å². The van der Waals surface area contributed by atoms with Crippen molar-refractivity contribution in [2.45, 2.75) is 24.6 Å². The van der Waals surface area contributed by atoms with Crippen LogP contribution in [0.5, 0.6) is 5.75 Å². The number of thioether (sulfide) groups is 1. The molecule has 2 heterocycles. The molecule has 0 spiro atoms. The summed E-state index contributed by atoms with van der Waals surface area (Å²) in [5.41, 5.74) is 2.97. The summed E-state index contributed by atoms with van der Waals surface area (Å²) in [5, 5.41) is 19.3. The molecule has 7 heteroatoms. The smallest absolute Gasteiger partial charge is 0.167 e. The van der Waals surface area contributed by atoms with Crippen molar-refractivity contribution in [3.05, 3.63) is 53.3 Å². The van der Waals surface area contributed by atoms with Crippen LogP contribution >= 0.6 is 23.4 Å². The van der Waals surface area contributed by atoms with E-state index in [0.29, 0.717) is 11.4 Å². The first kappa shape index (κ1) is 19.3. The molecule has 1 aliphatic rings. The van der Waals surface area contributed by atoms with E-state index >= 15 is 0 Å². The average Bonchev–Trinajstić information content (AvgIpc) is 3.00. The highest BCUT2D eigenvalue weighted by Crippen LogP contribution is 2.37. The first-order valence-electron chi connectivity index (χ1n) is 9.14. The van der Waals surface area contributed by atoms with Gasteiger partial charge in [0.15, 0.2) is 5.82 Å². The Morgan fingerprint density at radius 2 is 2.04 bits per heavy atom. The van der Waals surface area contributed by atoms with Gasteiger partial charge in [-0.15, -0.1) is 10.2 Å². The molecule has 0 aliphatic carbocycles. The van der Waals surface area contributed by atoms with Gasteiger partial charge in [0.25, 0.3) is 0 Å². The topological polar surface area (TPSA) is 60.2 Å². The third-order valence-corrected chi connectivity index (χ3v) is 6.65. The van der Waals surface area contributed by atoms with Crippen molar-refractivity contribution < 1.29 is 9.84 Å². The van der Waals surface area contributed by atoms with Crippen LogP contribution in [-0.4, -0.2) is 44.1 Å². The number of hydrogen-bond acceptors (Lipinski definition) is 5. The Labute approximate surface area is 173 Å². The first-order chi connectivity index (χ1) is 13.5. The molecule has 1 unspecified atom stereocenters. The van der Waals surface area contributed by atoms with Crippen LogP contribution in [0.25, 0.3) is 22.5 Å². The maximum absolute atomic E-state index is 9.76. The van der Waals surface area contributed by atoms with E-state index in [0.717, 1.165) is 46.4 Å². The van der Waals surface area contributed by atoms with Crippen LogP contribution in [0, 0.1) is 0 Å².